The van der Waals surface area contributed by atoms with Crippen molar-refractivity contribution >= 4 is 11.3 Å². The van der Waals surface area contributed by atoms with Crippen molar-refractivity contribution in [1.29, 1.82) is 0 Å². The van der Waals surface area contributed by atoms with Gasteiger partial charge in [0.1, 0.15) is 5.82 Å². The van der Waals surface area contributed by atoms with Crippen molar-refractivity contribution in [2.75, 3.05) is 6.54 Å². The minimum Gasteiger partial charge on any atom is -0.333 e. The third-order valence-electron chi connectivity index (χ3n) is 4.31. The van der Waals surface area contributed by atoms with E-state index < -0.39 is 0 Å². The third kappa shape index (κ3) is 3.32. The molecule has 24 heavy (non-hydrogen) atoms. The molecular weight excluding hydrogens is 322 g/mol. The fourth-order valence-corrected chi connectivity index (χ4v) is 4.00. The Morgan fingerprint density at radius 2 is 2.17 bits per heavy atom. The molecule has 1 unspecified atom stereocenters. The van der Waals surface area contributed by atoms with Gasteiger partial charge in [0, 0.05) is 55.1 Å². The summed E-state index contributed by atoms with van der Waals surface area (Å²) in [6, 6.07) is 7.50. The summed E-state index contributed by atoms with van der Waals surface area (Å²) < 4.78 is 3.77. The van der Waals surface area contributed by atoms with Gasteiger partial charge in [0.15, 0.2) is 0 Å². The van der Waals surface area contributed by atoms with Crippen LogP contribution in [0.25, 0.3) is 0 Å². The average molecular weight is 341 g/mol. The first-order valence-electron chi connectivity index (χ1n) is 8.05. The van der Waals surface area contributed by atoms with Crippen LogP contribution in [-0.2, 0) is 26.2 Å². The molecule has 3 aromatic rings. The Morgan fingerprint density at radius 3 is 3.00 bits per heavy atom. The zero-order valence-electron chi connectivity index (χ0n) is 13.3. The van der Waals surface area contributed by atoms with Crippen LogP contribution >= 0.6 is 11.3 Å². The van der Waals surface area contributed by atoms with E-state index in [9.17, 15) is 4.79 Å². The van der Waals surface area contributed by atoms with Crippen molar-refractivity contribution in [2.24, 2.45) is 5.92 Å². The Morgan fingerprint density at radius 1 is 1.21 bits per heavy atom. The van der Waals surface area contributed by atoms with Gasteiger partial charge in [-0.1, -0.05) is 6.07 Å². The first-order chi connectivity index (χ1) is 11.8. The maximum atomic E-state index is 12.0. The van der Waals surface area contributed by atoms with E-state index in [1.807, 2.05) is 12.4 Å². The standard InChI is InChI=1S/C17H19N5OS/c23-17-4-1-5-19-22(17)11-14-9-20(12-15-3-2-8-24-15)13-16-18-6-7-21(16)10-14/h1-8,14H,9-13H2. The van der Waals surface area contributed by atoms with E-state index in [4.69, 9.17) is 0 Å². The molecule has 0 saturated carbocycles. The number of thiophene rings is 1. The zero-order valence-corrected chi connectivity index (χ0v) is 14.1. The molecule has 0 radical (unpaired) electrons. The summed E-state index contributed by atoms with van der Waals surface area (Å²) in [6.07, 6.45) is 5.55. The highest BCUT2D eigenvalue weighted by molar-refractivity contribution is 7.09. The van der Waals surface area contributed by atoms with Crippen LogP contribution < -0.4 is 5.56 Å². The molecule has 7 heteroatoms. The minimum absolute atomic E-state index is 0.0441. The van der Waals surface area contributed by atoms with Gasteiger partial charge in [-0.25, -0.2) is 9.67 Å². The predicted octanol–water partition coefficient (Wildman–Crippen LogP) is 1.83. The lowest BCUT2D eigenvalue weighted by Crippen LogP contribution is -2.33. The monoisotopic (exact) mass is 341 g/mol. The van der Waals surface area contributed by atoms with Gasteiger partial charge in [-0.15, -0.1) is 11.3 Å². The highest BCUT2D eigenvalue weighted by Gasteiger charge is 2.23. The molecule has 0 spiro atoms. The van der Waals surface area contributed by atoms with Gasteiger partial charge in [-0.2, -0.15) is 5.10 Å². The Balaban J connectivity index is 1.57. The van der Waals surface area contributed by atoms with Gasteiger partial charge in [0.2, 0.25) is 0 Å². The van der Waals surface area contributed by atoms with E-state index in [-0.39, 0.29) is 5.56 Å². The molecule has 4 heterocycles. The molecule has 0 fully saturated rings. The van der Waals surface area contributed by atoms with Gasteiger partial charge in [-0.3, -0.25) is 9.69 Å². The average Bonchev–Trinajstić information content (AvgIpc) is 3.19. The normalized spacial score (nSPS) is 18.2. The molecule has 1 aliphatic heterocycles. The van der Waals surface area contributed by atoms with E-state index in [1.165, 1.54) is 4.88 Å². The van der Waals surface area contributed by atoms with E-state index >= 15 is 0 Å². The fourth-order valence-electron chi connectivity index (χ4n) is 3.25. The van der Waals surface area contributed by atoms with Crippen LogP contribution in [0.15, 0.2) is 53.0 Å². The molecular formula is C17H19N5OS. The van der Waals surface area contributed by atoms with Crippen molar-refractivity contribution in [3.05, 3.63) is 69.3 Å². The second-order valence-electron chi connectivity index (χ2n) is 6.15. The molecule has 1 aliphatic rings. The largest absolute Gasteiger partial charge is 0.333 e. The zero-order chi connectivity index (χ0) is 16.4. The minimum atomic E-state index is -0.0441. The topological polar surface area (TPSA) is 56.0 Å². The molecule has 6 nitrogen and oxygen atoms in total. The summed E-state index contributed by atoms with van der Waals surface area (Å²) in [7, 11) is 0. The van der Waals surface area contributed by atoms with E-state index in [2.05, 4.69) is 37.1 Å². The Bertz CT molecular complexity index is 854. The van der Waals surface area contributed by atoms with Gasteiger partial charge in [0.25, 0.3) is 5.56 Å². The van der Waals surface area contributed by atoms with Crippen LogP contribution in [0.5, 0.6) is 0 Å². The maximum Gasteiger partial charge on any atom is 0.266 e. The second-order valence-corrected chi connectivity index (χ2v) is 7.19. The summed E-state index contributed by atoms with van der Waals surface area (Å²) in [4.78, 5) is 20.2. The van der Waals surface area contributed by atoms with Gasteiger partial charge in [0.05, 0.1) is 13.1 Å². The summed E-state index contributed by atoms with van der Waals surface area (Å²) >= 11 is 1.78. The maximum absolute atomic E-state index is 12.0. The first-order valence-corrected chi connectivity index (χ1v) is 8.93. The molecule has 0 amide bonds. The van der Waals surface area contributed by atoms with Crippen LogP contribution in [-0.4, -0.2) is 30.8 Å². The smallest absolute Gasteiger partial charge is 0.266 e. The molecule has 3 aromatic heterocycles. The summed E-state index contributed by atoms with van der Waals surface area (Å²) in [5.41, 5.74) is -0.0441. The molecule has 0 saturated heterocycles. The molecule has 0 N–H and O–H groups in total. The Hall–Kier alpha value is -2.25. The lowest BCUT2D eigenvalue weighted by atomic mass is 10.1. The summed E-state index contributed by atoms with van der Waals surface area (Å²) in [6.45, 7) is 4.15. The van der Waals surface area contributed by atoms with E-state index in [1.54, 1.807) is 34.3 Å². The van der Waals surface area contributed by atoms with Crippen LogP contribution in [0, 0.1) is 5.92 Å². The van der Waals surface area contributed by atoms with E-state index in [0.717, 1.165) is 32.0 Å². The van der Waals surface area contributed by atoms with E-state index in [0.29, 0.717) is 12.5 Å². The number of aromatic nitrogens is 4. The van der Waals surface area contributed by atoms with Crippen LogP contribution in [0.3, 0.4) is 0 Å². The number of nitrogens with zero attached hydrogens (tertiary/aromatic N) is 5. The molecule has 0 aromatic carbocycles. The quantitative estimate of drug-likeness (QED) is 0.726. The number of hydrogen-bond donors (Lipinski definition) is 0. The first kappa shape index (κ1) is 15.3. The highest BCUT2D eigenvalue weighted by Crippen LogP contribution is 2.20. The molecule has 4 rings (SSSR count). The van der Waals surface area contributed by atoms with Gasteiger partial charge < -0.3 is 4.57 Å². The SMILES string of the molecule is O=c1cccnn1CC1CN(Cc2cccs2)Cc2nccn2C1. The molecule has 0 aliphatic carbocycles. The van der Waals surface area contributed by atoms with Gasteiger partial charge in [-0.05, 0) is 17.5 Å². The summed E-state index contributed by atoms with van der Waals surface area (Å²) in [5, 5.41) is 6.32. The van der Waals surface area contributed by atoms with Crippen molar-refractivity contribution in [3.8, 4) is 0 Å². The van der Waals surface area contributed by atoms with Crippen LogP contribution in [0.4, 0.5) is 0 Å². The van der Waals surface area contributed by atoms with Crippen LogP contribution in [0.1, 0.15) is 10.7 Å². The Kier molecular flexibility index (Phi) is 4.27. The number of imidazole rings is 1. The number of fused-ring (bicyclic) bond motifs is 1. The summed E-state index contributed by atoms with van der Waals surface area (Å²) in [5.74, 6) is 1.40. The molecule has 124 valence electrons. The van der Waals surface area contributed by atoms with Crippen molar-refractivity contribution in [1.82, 2.24) is 24.2 Å². The Labute approximate surface area is 144 Å². The number of rotatable bonds is 4. The van der Waals surface area contributed by atoms with Crippen molar-refractivity contribution in [3.63, 3.8) is 0 Å². The molecule has 0 bridgehead atoms. The predicted molar refractivity (Wildman–Crippen MR) is 92.6 cm³/mol. The van der Waals surface area contributed by atoms with Crippen LogP contribution in [0.2, 0.25) is 0 Å². The number of hydrogen-bond acceptors (Lipinski definition) is 5. The van der Waals surface area contributed by atoms with Crippen molar-refractivity contribution < 1.29 is 0 Å². The second kappa shape index (κ2) is 6.70. The lowest BCUT2D eigenvalue weighted by Gasteiger charge is -2.23. The van der Waals surface area contributed by atoms with Crippen molar-refractivity contribution in [2.45, 2.75) is 26.2 Å². The lowest BCUT2D eigenvalue weighted by molar-refractivity contribution is 0.205. The fraction of sp³-hybridized carbons (Fsp3) is 0.353. The third-order valence-corrected chi connectivity index (χ3v) is 5.18. The molecule has 1 atom stereocenters. The highest BCUT2D eigenvalue weighted by atomic mass is 32.1. The van der Waals surface area contributed by atoms with Gasteiger partial charge >= 0.3 is 0 Å².